The molecule has 6 nitrogen and oxygen atoms in total. The van der Waals surface area contributed by atoms with Gasteiger partial charge in [-0.15, -0.1) is 0 Å². The molecule has 0 saturated carbocycles. The summed E-state index contributed by atoms with van der Waals surface area (Å²) in [5.41, 5.74) is 1.61. The fourth-order valence-corrected chi connectivity index (χ4v) is 3.89. The monoisotopic (exact) mass is 446 g/mol. The summed E-state index contributed by atoms with van der Waals surface area (Å²) in [5.74, 6) is 0.972. The molecule has 1 aromatic heterocycles. The first-order chi connectivity index (χ1) is 14.2. The molecule has 0 bridgehead atoms. The molecule has 0 aliphatic carbocycles. The molecular formula is C22H23ClN2O4S. The normalized spacial score (nSPS) is 12.5. The molecule has 0 spiro atoms. The van der Waals surface area contributed by atoms with Gasteiger partial charge in [-0.3, -0.25) is 4.79 Å². The third-order valence-electron chi connectivity index (χ3n) is 5.01. The summed E-state index contributed by atoms with van der Waals surface area (Å²) in [7, 11) is -1.52. The van der Waals surface area contributed by atoms with Crippen LogP contribution < -0.4 is 0 Å². The van der Waals surface area contributed by atoms with E-state index in [2.05, 4.69) is 4.98 Å². The third kappa shape index (κ3) is 5.09. The topological polar surface area (TPSA) is 80.5 Å². The van der Waals surface area contributed by atoms with Gasteiger partial charge in [0.1, 0.15) is 0 Å². The highest BCUT2D eigenvalue weighted by Crippen LogP contribution is 2.28. The number of aryl methyl sites for hydroxylation is 1. The summed E-state index contributed by atoms with van der Waals surface area (Å²) in [4.78, 5) is 18.8. The molecule has 0 unspecified atom stereocenters. The first-order valence-electron chi connectivity index (χ1n) is 9.42. The van der Waals surface area contributed by atoms with Crippen LogP contribution in [-0.4, -0.2) is 37.5 Å². The second-order valence-electron chi connectivity index (χ2n) is 7.12. The Morgan fingerprint density at radius 1 is 1.17 bits per heavy atom. The molecular weight excluding hydrogens is 424 g/mol. The first-order valence-corrected chi connectivity index (χ1v) is 11.7. The molecule has 30 heavy (non-hydrogen) atoms. The Morgan fingerprint density at radius 2 is 1.83 bits per heavy atom. The van der Waals surface area contributed by atoms with Gasteiger partial charge in [0, 0.05) is 31.7 Å². The van der Waals surface area contributed by atoms with Crippen molar-refractivity contribution in [2.24, 2.45) is 0 Å². The number of aromatic nitrogens is 1. The predicted octanol–water partition coefficient (Wildman–Crippen LogP) is 4.55. The van der Waals surface area contributed by atoms with Gasteiger partial charge in [0.05, 0.1) is 22.2 Å². The summed E-state index contributed by atoms with van der Waals surface area (Å²) in [6.07, 6.45) is 3.38. The molecule has 1 heterocycles. The molecule has 3 aromatic rings. The van der Waals surface area contributed by atoms with Crippen LogP contribution in [0.1, 0.15) is 30.8 Å². The number of sulfone groups is 1. The van der Waals surface area contributed by atoms with Crippen molar-refractivity contribution < 1.29 is 17.6 Å². The van der Waals surface area contributed by atoms with E-state index in [1.807, 2.05) is 25.1 Å². The maximum atomic E-state index is 12.6. The minimum Gasteiger partial charge on any atom is -0.441 e. The van der Waals surface area contributed by atoms with E-state index in [0.29, 0.717) is 23.1 Å². The van der Waals surface area contributed by atoms with E-state index >= 15 is 0 Å². The Kier molecular flexibility index (Phi) is 6.63. The van der Waals surface area contributed by atoms with Crippen LogP contribution in [0.25, 0.3) is 11.3 Å². The van der Waals surface area contributed by atoms with E-state index in [4.69, 9.17) is 16.0 Å². The van der Waals surface area contributed by atoms with Gasteiger partial charge < -0.3 is 9.32 Å². The second-order valence-corrected chi connectivity index (χ2v) is 9.54. The standard InChI is InChI=1S/C22H23ClN2O4S/c1-15(16-8-10-17(11-9-16)30(3,27)28)25(2)22(26)13-12-21-24-14-20(29-21)18-6-4-5-7-19(18)23/h4-11,14-15H,12-13H2,1-3H3/t15-/m1/s1. The maximum Gasteiger partial charge on any atom is 0.223 e. The van der Waals surface area contributed by atoms with E-state index in [1.54, 1.807) is 48.5 Å². The second kappa shape index (κ2) is 9.02. The van der Waals surface area contributed by atoms with Crippen molar-refractivity contribution in [1.29, 1.82) is 0 Å². The number of oxazole rings is 1. The molecule has 8 heteroatoms. The molecule has 0 saturated heterocycles. The molecule has 158 valence electrons. The van der Waals surface area contributed by atoms with E-state index in [-0.39, 0.29) is 23.3 Å². The lowest BCUT2D eigenvalue weighted by molar-refractivity contribution is -0.131. The number of halogens is 1. The lowest BCUT2D eigenvalue weighted by Crippen LogP contribution is -2.29. The summed E-state index contributed by atoms with van der Waals surface area (Å²) >= 11 is 6.18. The van der Waals surface area contributed by atoms with Crippen LogP contribution in [0.5, 0.6) is 0 Å². The Morgan fingerprint density at radius 3 is 2.47 bits per heavy atom. The number of rotatable bonds is 7. The number of hydrogen-bond donors (Lipinski definition) is 0. The Bertz CT molecular complexity index is 1140. The molecule has 3 rings (SSSR count). The number of amides is 1. The van der Waals surface area contributed by atoms with Crippen LogP contribution in [-0.2, 0) is 21.1 Å². The lowest BCUT2D eigenvalue weighted by Gasteiger charge is -2.25. The molecule has 0 radical (unpaired) electrons. The zero-order valence-electron chi connectivity index (χ0n) is 17.0. The van der Waals surface area contributed by atoms with Crippen LogP contribution >= 0.6 is 11.6 Å². The van der Waals surface area contributed by atoms with Crippen molar-refractivity contribution in [2.45, 2.75) is 30.7 Å². The minimum absolute atomic E-state index is 0.0628. The number of carbonyl (C=O) groups excluding carboxylic acids is 1. The van der Waals surface area contributed by atoms with E-state index in [9.17, 15) is 13.2 Å². The van der Waals surface area contributed by atoms with Crippen molar-refractivity contribution in [3.63, 3.8) is 0 Å². The molecule has 0 aliphatic rings. The molecule has 2 aromatic carbocycles. The Hall–Kier alpha value is -2.64. The number of nitrogens with zero attached hydrogens (tertiary/aromatic N) is 2. The highest BCUT2D eigenvalue weighted by molar-refractivity contribution is 7.90. The smallest absolute Gasteiger partial charge is 0.223 e. The van der Waals surface area contributed by atoms with Gasteiger partial charge in [-0.25, -0.2) is 13.4 Å². The molecule has 0 aliphatic heterocycles. The number of hydrogen-bond acceptors (Lipinski definition) is 5. The van der Waals surface area contributed by atoms with Crippen molar-refractivity contribution in [3.05, 3.63) is 71.2 Å². The first kappa shape index (κ1) is 22.1. The quantitative estimate of drug-likeness (QED) is 0.531. The van der Waals surface area contributed by atoms with E-state index < -0.39 is 9.84 Å². The molecule has 0 N–H and O–H groups in total. The molecule has 0 fully saturated rings. The highest BCUT2D eigenvalue weighted by atomic mass is 35.5. The van der Waals surface area contributed by atoms with Gasteiger partial charge in [0.15, 0.2) is 21.5 Å². The van der Waals surface area contributed by atoms with Gasteiger partial charge in [-0.05, 0) is 36.8 Å². The SMILES string of the molecule is C[C@H](c1ccc(S(C)(=O)=O)cc1)N(C)C(=O)CCc1ncc(-c2ccccc2Cl)o1. The predicted molar refractivity (Wildman–Crippen MR) is 116 cm³/mol. The van der Waals surface area contributed by atoms with Crippen LogP contribution in [0.4, 0.5) is 0 Å². The van der Waals surface area contributed by atoms with Crippen molar-refractivity contribution >= 4 is 27.3 Å². The van der Waals surface area contributed by atoms with Gasteiger partial charge >= 0.3 is 0 Å². The minimum atomic E-state index is -3.25. The van der Waals surface area contributed by atoms with Gasteiger partial charge in [-0.1, -0.05) is 35.9 Å². The fourth-order valence-electron chi connectivity index (χ4n) is 3.03. The van der Waals surface area contributed by atoms with E-state index in [0.717, 1.165) is 11.1 Å². The number of benzene rings is 2. The Balaban J connectivity index is 1.61. The lowest BCUT2D eigenvalue weighted by atomic mass is 10.1. The summed E-state index contributed by atoms with van der Waals surface area (Å²) < 4.78 is 28.9. The highest BCUT2D eigenvalue weighted by Gasteiger charge is 2.19. The average Bonchev–Trinajstić information content (AvgIpc) is 3.19. The van der Waals surface area contributed by atoms with Crippen molar-refractivity contribution in [2.75, 3.05) is 13.3 Å². The zero-order chi connectivity index (χ0) is 21.9. The van der Waals surface area contributed by atoms with Crippen LogP contribution in [0.3, 0.4) is 0 Å². The molecule has 1 atom stereocenters. The van der Waals surface area contributed by atoms with Crippen LogP contribution in [0.2, 0.25) is 5.02 Å². The summed E-state index contributed by atoms with van der Waals surface area (Å²) in [6, 6.07) is 13.7. The van der Waals surface area contributed by atoms with Gasteiger partial charge in [-0.2, -0.15) is 0 Å². The zero-order valence-corrected chi connectivity index (χ0v) is 18.6. The van der Waals surface area contributed by atoms with Gasteiger partial charge in [0.25, 0.3) is 0 Å². The van der Waals surface area contributed by atoms with Gasteiger partial charge in [0.2, 0.25) is 5.91 Å². The molecule has 1 amide bonds. The van der Waals surface area contributed by atoms with Crippen LogP contribution in [0.15, 0.2) is 64.0 Å². The van der Waals surface area contributed by atoms with Crippen molar-refractivity contribution in [3.8, 4) is 11.3 Å². The maximum absolute atomic E-state index is 12.6. The van der Waals surface area contributed by atoms with Crippen molar-refractivity contribution in [1.82, 2.24) is 9.88 Å². The van der Waals surface area contributed by atoms with E-state index in [1.165, 1.54) is 6.26 Å². The summed E-state index contributed by atoms with van der Waals surface area (Å²) in [5, 5.41) is 0.576. The largest absolute Gasteiger partial charge is 0.441 e. The van der Waals surface area contributed by atoms with Crippen LogP contribution in [0, 0.1) is 0 Å². The average molecular weight is 447 g/mol. The fraction of sp³-hybridized carbons (Fsp3) is 0.273. The third-order valence-corrected chi connectivity index (χ3v) is 6.47. The summed E-state index contributed by atoms with van der Waals surface area (Å²) in [6.45, 7) is 1.90. The number of carbonyl (C=O) groups is 1. The Labute approximate surface area is 181 Å².